The van der Waals surface area contributed by atoms with E-state index in [4.69, 9.17) is 0 Å². The second-order valence-corrected chi connectivity index (χ2v) is 6.42. The number of pyridine rings is 1. The molecule has 0 aliphatic carbocycles. The van der Waals surface area contributed by atoms with Gasteiger partial charge in [0.2, 0.25) is 5.91 Å². The summed E-state index contributed by atoms with van der Waals surface area (Å²) in [5.41, 5.74) is 1.81. The smallest absolute Gasteiger partial charge is 0.254 e. The van der Waals surface area contributed by atoms with Gasteiger partial charge in [0.15, 0.2) is 0 Å². The van der Waals surface area contributed by atoms with Crippen LogP contribution in [0.1, 0.15) is 24.6 Å². The maximum absolute atomic E-state index is 12.4. The van der Waals surface area contributed by atoms with Gasteiger partial charge in [0.05, 0.1) is 0 Å². The van der Waals surface area contributed by atoms with Gasteiger partial charge in [-0.15, -0.1) is 0 Å². The minimum Gasteiger partial charge on any atom is -0.340 e. The van der Waals surface area contributed by atoms with Gasteiger partial charge in [-0.3, -0.25) is 14.6 Å². The molecular weight excluding hydrogens is 318 g/mol. The summed E-state index contributed by atoms with van der Waals surface area (Å²) in [6, 6.07) is 3.95. The minimum atomic E-state index is -0.187. The number of carbonyl (C=O) groups is 1. The van der Waals surface area contributed by atoms with Crippen LogP contribution in [0.5, 0.6) is 0 Å². The van der Waals surface area contributed by atoms with Gasteiger partial charge in [0, 0.05) is 61.3 Å². The number of nitrogens with zero attached hydrogens (tertiary/aromatic N) is 3. The molecule has 1 aliphatic heterocycles. The summed E-state index contributed by atoms with van der Waals surface area (Å²) in [5, 5.41) is 3.32. The highest BCUT2D eigenvalue weighted by molar-refractivity contribution is 5.76. The van der Waals surface area contributed by atoms with Crippen molar-refractivity contribution in [2.75, 3.05) is 19.6 Å². The van der Waals surface area contributed by atoms with E-state index in [2.05, 4.69) is 27.2 Å². The molecule has 2 aromatic rings. The Balaban J connectivity index is 1.71. The van der Waals surface area contributed by atoms with E-state index in [1.807, 2.05) is 17.9 Å². The number of aromatic amines is 1. The van der Waals surface area contributed by atoms with E-state index < -0.39 is 0 Å². The fourth-order valence-corrected chi connectivity index (χ4v) is 3.09. The van der Waals surface area contributed by atoms with Gasteiger partial charge in [0.25, 0.3) is 5.56 Å². The lowest BCUT2D eigenvalue weighted by Gasteiger charge is -2.32. The van der Waals surface area contributed by atoms with E-state index in [0.29, 0.717) is 42.5 Å². The first-order valence-electron chi connectivity index (χ1n) is 8.56. The minimum absolute atomic E-state index is 0.0866. The Labute approximate surface area is 146 Å². The Morgan fingerprint density at radius 1 is 1.44 bits per heavy atom. The zero-order chi connectivity index (χ0) is 17.8. The highest BCUT2D eigenvalue weighted by Gasteiger charge is 2.21. The molecule has 1 amide bonds. The Morgan fingerprint density at radius 3 is 2.96 bits per heavy atom. The molecule has 3 heterocycles. The number of carbonyl (C=O) groups excluding carboxylic acids is 1. The van der Waals surface area contributed by atoms with E-state index >= 15 is 0 Å². The topological polar surface area (TPSA) is 91.0 Å². The predicted octanol–water partition coefficient (Wildman–Crippen LogP) is 0.893. The summed E-state index contributed by atoms with van der Waals surface area (Å²) in [4.78, 5) is 38.0. The van der Waals surface area contributed by atoms with Crippen LogP contribution in [0.2, 0.25) is 0 Å². The van der Waals surface area contributed by atoms with Gasteiger partial charge in [-0.2, -0.15) is 0 Å². The molecule has 1 atom stereocenters. The Bertz CT molecular complexity index is 803. The molecule has 2 aromatic heterocycles. The van der Waals surface area contributed by atoms with E-state index in [1.54, 1.807) is 18.5 Å². The number of nitrogens with one attached hydrogen (secondary N) is 2. The van der Waals surface area contributed by atoms with Crippen molar-refractivity contribution in [1.29, 1.82) is 0 Å². The predicted molar refractivity (Wildman–Crippen MR) is 95.2 cm³/mol. The second kappa shape index (κ2) is 7.57. The normalized spacial score (nSPS) is 17.5. The van der Waals surface area contributed by atoms with Crippen molar-refractivity contribution in [3.05, 3.63) is 46.1 Å². The SMILES string of the molecule is Cc1nc(-c2cccnc2)[nH]c(=O)c1CCC(=O)N1CCNC(C)C1. The van der Waals surface area contributed by atoms with Crippen molar-refractivity contribution in [3.63, 3.8) is 0 Å². The molecule has 132 valence electrons. The molecule has 2 N–H and O–H groups in total. The van der Waals surface area contributed by atoms with Gasteiger partial charge < -0.3 is 15.2 Å². The van der Waals surface area contributed by atoms with E-state index in [0.717, 1.165) is 18.7 Å². The number of aromatic nitrogens is 3. The van der Waals surface area contributed by atoms with Crippen LogP contribution in [0, 0.1) is 6.92 Å². The van der Waals surface area contributed by atoms with Crippen LogP contribution < -0.4 is 10.9 Å². The molecule has 7 nitrogen and oxygen atoms in total. The van der Waals surface area contributed by atoms with Gasteiger partial charge in [-0.05, 0) is 32.4 Å². The maximum atomic E-state index is 12.4. The lowest BCUT2D eigenvalue weighted by molar-refractivity contribution is -0.132. The zero-order valence-electron chi connectivity index (χ0n) is 14.6. The standard InChI is InChI=1S/C18H23N5O2/c1-12-11-23(9-8-20-12)16(24)6-5-15-13(2)21-17(22-18(15)25)14-4-3-7-19-10-14/h3-4,7,10,12,20H,5-6,8-9,11H2,1-2H3,(H,21,22,25). The summed E-state index contributed by atoms with van der Waals surface area (Å²) in [7, 11) is 0. The third-order valence-electron chi connectivity index (χ3n) is 4.47. The fraction of sp³-hybridized carbons (Fsp3) is 0.444. The molecule has 25 heavy (non-hydrogen) atoms. The molecular formula is C18H23N5O2. The highest BCUT2D eigenvalue weighted by atomic mass is 16.2. The summed E-state index contributed by atoms with van der Waals surface area (Å²) < 4.78 is 0. The van der Waals surface area contributed by atoms with Crippen molar-refractivity contribution in [2.45, 2.75) is 32.7 Å². The first kappa shape index (κ1) is 17.3. The van der Waals surface area contributed by atoms with Crippen LogP contribution in [-0.4, -0.2) is 51.4 Å². The van der Waals surface area contributed by atoms with E-state index in [-0.39, 0.29) is 11.5 Å². The van der Waals surface area contributed by atoms with Crippen LogP contribution in [0.4, 0.5) is 0 Å². The molecule has 1 saturated heterocycles. The number of H-pyrrole nitrogens is 1. The quantitative estimate of drug-likeness (QED) is 0.862. The molecule has 0 bridgehead atoms. The van der Waals surface area contributed by atoms with Crippen LogP contribution in [-0.2, 0) is 11.2 Å². The van der Waals surface area contributed by atoms with Gasteiger partial charge in [-0.1, -0.05) is 0 Å². The molecule has 7 heteroatoms. The zero-order valence-corrected chi connectivity index (χ0v) is 14.6. The summed E-state index contributed by atoms with van der Waals surface area (Å²) in [5.74, 6) is 0.588. The number of rotatable bonds is 4. The van der Waals surface area contributed by atoms with E-state index in [1.165, 1.54) is 0 Å². The number of piperazine rings is 1. The second-order valence-electron chi connectivity index (χ2n) is 6.42. The number of aryl methyl sites for hydroxylation is 1. The first-order valence-corrected chi connectivity index (χ1v) is 8.56. The molecule has 0 radical (unpaired) electrons. The largest absolute Gasteiger partial charge is 0.340 e. The molecule has 1 fully saturated rings. The molecule has 0 saturated carbocycles. The van der Waals surface area contributed by atoms with Crippen LogP contribution in [0.15, 0.2) is 29.3 Å². The third kappa shape index (κ3) is 4.11. The lowest BCUT2D eigenvalue weighted by atomic mass is 10.1. The van der Waals surface area contributed by atoms with E-state index in [9.17, 15) is 9.59 Å². The summed E-state index contributed by atoms with van der Waals surface area (Å²) >= 11 is 0. The van der Waals surface area contributed by atoms with Crippen LogP contribution >= 0.6 is 0 Å². The molecule has 0 aromatic carbocycles. The Hall–Kier alpha value is -2.54. The van der Waals surface area contributed by atoms with Crippen molar-refractivity contribution >= 4 is 5.91 Å². The Kier molecular flexibility index (Phi) is 5.23. The van der Waals surface area contributed by atoms with Crippen LogP contribution in [0.3, 0.4) is 0 Å². The molecule has 1 aliphatic rings. The van der Waals surface area contributed by atoms with Crippen molar-refractivity contribution in [1.82, 2.24) is 25.2 Å². The van der Waals surface area contributed by atoms with Crippen molar-refractivity contribution in [3.8, 4) is 11.4 Å². The summed E-state index contributed by atoms with van der Waals surface area (Å²) in [6.45, 7) is 6.12. The third-order valence-corrected chi connectivity index (χ3v) is 4.47. The summed E-state index contributed by atoms with van der Waals surface area (Å²) in [6.07, 6.45) is 4.06. The average Bonchev–Trinajstić information content (AvgIpc) is 2.61. The first-order chi connectivity index (χ1) is 12.0. The monoisotopic (exact) mass is 341 g/mol. The van der Waals surface area contributed by atoms with Gasteiger partial charge in [0.1, 0.15) is 5.82 Å². The number of hydrogen-bond donors (Lipinski definition) is 2. The van der Waals surface area contributed by atoms with Crippen LogP contribution in [0.25, 0.3) is 11.4 Å². The Morgan fingerprint density at radius 2 is 2.28 bits per heavy atom. The number of amides is 1. The van der Waals surface area contributed by atoms with Gasteiger partial charge >= 0.3 is 0 Å². The van der Waals surface area contributed by atoms with Crippen molar-refractivity contribution in [2.24, 2.45) is 0 Å². The fourth-order valence-electron chi connectivity index (χ4n) is 3.09. The number of hydrogen-bond acceptors (Lipinski definition) is 5. The maximum Gasteiger partial charge on any atom is 0.254 e. The average molecular weight is 341 g/mol. The molecule has 1 unspecified atom stereocenters. The van der Waals surface area contributed by atoms with Crippen molar-refractivity contribution < 1.29 is 4.79 Å². The lowest BCUT2D eigenvalue weighted by Crippen LogP contribution is -2.51. The van der Waals surface area contributed by atoms with Gasteiger partial charge in [-0.25, -0.2) is 4.98 Å². The highest BCUT2D eigenvalue weighted by Crippen LogP contribution is 2.13. The molecule has 0 spiro atoms. The molecule has 3 rings (SSSR count).